The summed E-state index contributed by atoms with van der Waals surface area (Å²) >= 11 is 0. The van der Waals surface area contributed by atoms with Crippen molar-refractivity contribution in [1.82, 2.24) is 0 Å². The van der Waals surface area contributed by atoms with Crippen molar-refractivity contribution in [2.45, 2.75) is 31.8 Å². The Morgan fingerprint density at radius 2 is 1.67 bits per heavy atom. The van der Waals surface area contributed by atoms with Crippen LogP contribution in [0.3, 0.4) is 0 Å². The van der Waals surface area contributed by atoms with E-state index in [1.807, 2.05) is 19.9 Å². The van der Waals surface area contributed by atoms with Crippen LogP contribution in [0.5, 0.6) is 0 Å². The van der Waals surface area contributed by atoms with Gasteiger partial charge in [-0.2, -0.15) is 0 Å². The molecule has 0 aliphatic carbocycles. The third kappa shape index (κ3) is 3.83. The molecule has 0 aromatic heterocycles. The predicted octanol–water partition coefficient (Wildman–Crippen LogP) is 3.16. The lowest BCUT2D eigenvalue weighted by molar-refractivity contribution is 0.199. The second kappa shape index (κ2) is 5.87. The van der Waals surface area contributed by atoms with E-state index in [0.717, 1.165) is 11.1 Å². The Morgan fingerprint density at radius 3 is 2.24 bits per heavy atom. The molecule has 0 saturated heterocycles. The molecule has 2 rings (SSSR count). The quantitative estimate of drug-likeness (QED) is 0.912. The number of anilines is 1. The summed E-state index contributed by atoms with van der Waals surface area (Å²) < 4.78 is 27.4. The third-order valence-corrected chi connectivity index (χ3v) is 4.50. The van der Waals surface area contributed by atoms with Crippen molar-refractivity contribution in [3.63, 3.8) is 0 Å². The van der Waals surface area contributed by atoms with E-state index >= 15 is 0 Å². The molecule has 1 unspecified atom stereocenters. The van der Waals surface area contributed by atoms with Crippen LogP contribution in [0.1, 0.15) is 29.7 Å². The highest BCUT2D eigenvalue weighted by molar-refractivity contribution is 7.92. The van der Waals surface area contributed by atoms with E-state index in [1.54, 1.807) is 31.2 Å². The van der Waals surface area contributed by atoms with Gasteiger partial charge in [-0.3, -0.25) is 4.72 Å². The van der Waals surface area contributed by atoms with Gasteiger partial charge in [0.05, 0.1) is 11.0 Å². The first kappa shape index (κ1) is 15.5. The standard InChI is InChI=1S/C16H19NO3S/c1-11-7-12(2)9-15(8-11)17-21(19,20)16-6-4-5-14(10-16)13(3)18/h4-10,13,17-18H,1-3H3. The van der Waals surface area contributed by atoms with E-state index in [4.69, 9.17) is 0 Å². The summed E-state index contributed by atoms with van der Waals surface area (Å²) in [5.74, 6) is 0. The smallest absolute Gasteiger partial charge is 0.261 e. The predicted molar refractivity (Wildman–Crippen MR) is 83.8 cm³/mol. The van der Waals surface area contributed by atoms with E-state index in [2.05, 4.69) is 4.72 Å². The van der Waals surface area contributed by atoms with Crippen LogP contribution in [-0.4, -0.2) is 13.5 Å². The minimum Gasteiger partial charge on any atom is -0.389 e. The highest BCUT2D eigenvalue weighted by Crippen LogP contribution is 2.21. The van der Waals surface area contributed by atoms with Crippen molar-refractivity contribution < 1.29 is 13.5 Å². The number of aliphatic hydroxyl groups excluding tert-OH is 1. The minimum atomic E-state index is -3.66. The van der Waals surface area contributed by atoms with Crippen molar-refractivity contribution in [3.05, 3.63) is 59.2 Å². The molecule has 0 heterocycles. The molecule has 0 amide bonds. The van der Waals surface area contributed by atoms with Gasteiger partial charge in [0.1, 0.15) is 0 Å². The Bertz CT molecular complexity index is 732. The normalized spacial score (nSPS) is 13.0. The van der Waals surface area contributed by atoms with Crippen LogP contribution in [-0.2, 0) is 10.0 Å². The highest BCUT2D eigenvalue weighted by Gasteiger charge is 2.15. The molecule has 0 fully saturated rings. The van der Waals surface area contributed by atoms with Gasteiger partial charge < -0.3 is 5.11 Å². The van der Waals surface area contributed by atoms with E-state index in [9.17, 15) is 13.5 Å². The summed E-state index contributed by atoms with van der Waals surface area (Å²) in [5, 5.41) is 9.56. The van der Waals surface area contributed by atoms with Crippen LogP contribution in [0, 0.1) is 13.8 Å². The van der Waals surface area contributed by atoms with E-state index in [1.165, 1.54) is 12.1 Å². The number of aliphatic hydroxyl groups is 1. The highest BCUT2D eigenvalue weighted by atomic mass is 32.2. The first-order valence-corrected chi connectivity index (χ1v) is 8.15. The van der Waals surface area contributed by atoms with Crippen LogP contribution in [0.25, 0.3) is 0 Å². The summed E-state index contributed by atoms with van der Waals surface area (Å²) in [5.41, 5.74) is 3.09. The number of benzene rings is 2. The molecular formula is C16H19NO3S. The number of aryl methyl sites for hydroxylation is 2. The van der Waals surface area contributed by atoms with E-state index in [-0.39, 0.29) is 4.90 Å². The fourth-order valence-corrected chi connectivity index (χ4v) is 3.28. The lowest BCUT2D eigenvalue weighted by Gasteiger charge is -2.11. The molecule has 0 bridgehead atoms. The topological polar surface area (TPSA) is 66.4 Å². The zero-order chi connectivity index (χ0) is 15.6. The van der Waals surface area contributed by atoms with Gasteiger partial charge in [-0.25, -0.2) is 8.42 Å². The molecular weight excluding hydrogens is 286 g/mol. The van der Waals surface area contributed by atoms with Crippen molar-refractivity contribution in [2.75, 3.05) is 4.72 Å². The van der Waals surface area contributed by atoms with E-state index in [0.29, 0.717) is 11.3 Å². The summed E-state index contributed by atoms with van der Waals surface area (Å²) in [6.07, 6.45) is -0.707. The zero-order valence-electron chi connectivity index (χ0n) is 12.3. The van der Waals surface area contributed by atoms with Gasteiger partial charge in [-0.15, -0.1) is 0 Å². The zero-order valence-corrected chi connectivity index (χ0v) is 13.1. The molecule has 112 valence electrons. The average Bonchev–Trinajstić information content (AvgIpc) is 2.37. The van der Waals surface area contributed by atoms with Gasteiger partial charge in [-0.05, 0) is 61.7 Å². The molecule has 2 aromatic rings. The summed E-state index contributed by atoms with van der Waals surface area (Å²) in [4.78, 5) is 0.139. The maximum Gasteiger partial charge on any atom is 0.261 e. The van der Waals surface area contributed by atoms with Crippen molar-refractivity contribution in [1.29, 1.82) is 0 Å². The van der Waals surface area contributed by atoms with Gasteiger partial charge in [0.2, 0.25) is 0 Å². The van der Waals surface area contributed by atoms with Crippen LogP contribution in [0.2, 0.25) is 0 Å². The second-order valence-corrected chi connectivity index (χ2v) is 6.91. The lowest BCUT2D eigenvalue weighted by atomic mass is 10.1. The summed E-state index contributed by atoms with van der Waals surface area (Å²) in [7, 11) is -3.66. The van der Waals surface area contributed by atoms with Crippen molar-refractivity contribution in [2.24, 2.45) is 0 Å². The Balaban J connectivity index is 2.36. The number of hydrogen-bond acceptors (Lipinski definition) is 3. The largest absolute Gasteiger partial charge is 0.389 e. The van der Waals surface area contributed by atoms with Gasteiger partial charge >= 0.3 is 0 Å². The number of sulfonamides is 1. The minimum absolute atomic E-state index is 0.139. The third-order valence-electron chi connectivity index (χ3n) is 3.12. The molecule has 0 aliphatic rings. The Labute approximate surface area is 125 Å². The number of rotatable bonds is 4. The fraction of sp³-hybridized carbons (Fsp3) is 0.250. The molecule has 2 N–H and O–H groups in total. The van der Waals surface area contributed by atoms with Gasteiger partial charge in [0.25, 0.3) is 10.0 Å². The summed E-state index contributed by atoms with van der Waals surface area (Å²) in [6, 6.07) is 11.9. The molecule has 4 nitrogen and oxygen atoms in total. The van der Waals surface area contributed by atoms with Gasteiger partial charge in [0.15, 0.2) is 0 Å². The van der Waals surface area contributed by atoms with Crippen molar-refractivity contribution >= 4 is 15.7 Å². The Hall–Kier alpha value is -1.85. The Kier molecular flexibility index (Phi) is 4.34. The lowest BCUT2D eigenvalue weighted by Crippen LogP contribution is -2.13. The maximum absolute atomic E-state index is 12.4. The van der Waals surface area contributed by atoms with Crippen LogP contribution < -0.4 is 4.72 Å². The SMILES string of the molecule is Cc1cc(C)cc(NS(=O)(=O)c2cccc(C(C)O)c2)c1. The average molecular weight is 305 g/mol. The molecule has 0 spiro atoms. The first-order chi connectivity index (χ1) is 9.78. The molecule has 5 heteroatoms. The number of hydrogen-bond donors (Lipinski definition) is 2. The molecule has 1 atom stereocenters. The van der Waals surface area contributed by atoms with Crippen molar-refractivity contribution in [3.8, 4) is 0 Å². The molecule has 2 aromatic carbocycles. The fourth-order valence-electron chi connectivity index (χ4n) is 2.19. The first-order valence-electron chi connectivity index (χ1n) is 6.67. The molecule has 0 radical (unpaired) electrons. The second-order valence-electron chi connectivity index (χ2n) is 5.23. The van der Waals surface area contributed by atoms with E-state index < -0.39 is 16.1 Å². The summed E-state index contributed by atoms with van der Waals surface area (Å²) in [6.45, 7) is 5.43. The monoisotopic (exact) mass is 305 g/mol. The van der Waals surface area contributed by atoms with Gasteiger partial charge in [-0.1, -0.05) is 18.2 Å². The van der Waals surface area contributed by atoms with Crippen LogP contribution >= 0.6 is 0 Å². The number of nitrogens with one attached hydrogen (secondary N) is 1. The van der Waals surface area contributed by atoms with Gasteiger partial charge in [0, 0.05) is 5.69 Å². The molecule has 0 aliphatic heterocycles. The maximum atomic E-state index is 12.4. The molecule has 0 saturated carbocycles. The van der Waals surface area contributed by atoms with Crippen LogP contribution in [0.4, 0.5) is 5.69 Å². The Morgan fingerprint density at radius 1 is 1.05 bits per heavy atom. The van der Waals surface area contributed by atoms with Crippen LogP contribution in [0.15, 0.2) is 47.4 Å². The molecule has 21 heavy (non-hydrogen) atoms.